The van der Waals surface area contributed by atoms with Gasteiger partial charge in [0.05, 0.1) is 6.54 Å². The van der Waals surface area contributed by atoms with Gasteiger partial charge in [0.25, 0.3) is 0 Å². The summed E-state index contributed by atoms with van der Waals surface area (Å²) < 4.78 is 0. The van der Waals surface area contributed by atoms with E-state index in [-0.39, 0.29) is 18.6 Å². The minimum Gasteiger partial charge on any atom is -0.480 e. The molecule has 0 radical (unpaired) electrons. The number of amides is 2. The first-order valence-electron chi connectivity index (χ1n) is 7.43. The zero-order valence-electron chi connectivity index (χ0n) is 12.3. The fourth-order valence-electron chi connectivity index (χ4n) is 2.82. The zero-order valence-corrected chi connectivity index (χ0v) is 13.1. The highest BCUT2D eigenvalue weighted by Crippen LogP contribution is 2.23. The lowest BCUT2D eigenvalue weighted by Crippen LogP contribution is -2.47. The maximum atomic E-state index is 12.3. The van der Waals surface area contributed by atoms with Gasteiger partial charge < -0.3 is 15.3 Å². The predicted octanol–water partition coefficient (Wildman–Crippen LogP) is 2.85. The normalized spacial score (nSPS) is 15.1. The van der Waals surface area contributed by atoms with E-state index in [1.807, 2.05) is 5.38 Å². The minimum absolute atomic E-state index is 0.0649. The number of thiophene rings is 1. The third-order valence-electron chi connectivity index (χ3n) is 3.95. The number of urea groups is 1. The summed E-state index contributed by atoms with van der Waals surface area (Å²) in [5.41, 5.74) is 1.24. The summed E-state index contributed by atoms with van der Waals surface area (Å²) in [5, 5.41) is 13.9. The monoisotopic (exact) mass is 310 g/mol. The van der Waals surface area contributed by atoms with Gasteiger partial charge in [-0.2, -0.15) is 0 Å². The van der Waals surface area contributed by atoms with Gasteiger partial charge in [-0.05, 0) is 36.3 Å². The highest BCUT2D eigenvalue weighted by molar-refractivity contribution is 7.10. The van der Waals surface area contributed by atoms with Crippen LogP contribution >= 0.6 is 11.3 Å². The van der Waals surface area contributed by atoms with E-state index in [1.54, 1.807) is 11.3 Å². The third-order valence-corrected chi connectivity index (χ3v) is 4.91. The molecule has 5 nitrogen and oxygen atoms in total. The molecule has 0 aromatic carbocycles. The molecule has 1 heterocycles. The molecule has 1 fully saturated rings. The quantitative estimate of drug-likeness (QED) is 0.849. The summed E-state index contributed by atoms with van der Waals surface area (Å²) in [7, 11) is 0. The number of aryl methyl sites for hydroxylation is 1. The molecule has 0 spiro atoms. The first-order valence-corrected chi connectivity index (χ1v) is 8.31. The number of rotatable bonds is 6. The second kappa shape index (κ2) is 7.45. The summed E-state index contributed by atoms with van der Waals surface area (Å²) in [6, 6.07) is 1.87. The Balaban J connectivity index is 1.96. The molecule has 2 amide bonds. The van der Waals surface area contributed by atoms with E-state index in [1.165, 1.54) is 10.5 Å². The van der Waals surface area contributed by atoms with Crippen LogP contribution in [0.15, 0.2) is 11.4 Å². The van der Waals surface area contributed by atoms with Gasteiger partial charge in [0, 0.05) is 10.9 Å². The Bertz CT molecular complexity index is 495. The molecular weight excluding hydrogens is 288 g/mol. The van der Waals surface area contributed by atoms with Gasteiger partial charge in [-0.25, -0.2) is 4.79 Å². The van der Waals surface area contributed by atoms with E-state index >= 15 is 0 Å². The van der Waals surface area contributed by atoms with Crippen LogP contribution < -0.4 is 5.32 Å². The van der Waals surface area contributed by atoms with E-state index in [2.05, 4.69) is 18.3 Å². The summed E-state index contributed by atoms with van der Waals surface area (Å²) in [4.78, 5) is 25.9. The van der Waals surface area contributed by atoms with Crippen molar-refractivity contribution < 1.29 is 14.7 Å². The van der Waals surface area contributed by atoms with E-state index in [0.29, 0.717) is 6.54 Å². The molecule has 0 unspecified atom stereocenters. The average molecular weight is 310 g/mol. The molecule has 6 heteroatoms. The van der Waals surface area contributed by atoms with E-state index in [0.717, 1.165) is 37.0 Å². The van der Waals surface area contributed by atoms with E-state index < -0.39 is 5.97 Å². The summed E-state index contributed by atoms with van der Waals surface area (Å²) >= 11 is 1.62. The summed E-state index contributed by atoms with van der Waals surface area (Å²) in [6.45, 7) is 2.34. The predicted molar refractivity (Wildman–Crippen MR) is 82.5 cm³/mol. The van der Waals surface area contributed by atoms with Crippen molar-refractivity contribution in [2.45, 2.75) is 51.6 Å². The lowest BCUT2D eigenvalue weighted by Gasteiger charge is -2.27. The number of nitrogens with zero attached hydrogens (tertiary/aromatic N) is 1. The second-order valence-electron chi connectivity index (χ2n) is 5.34. The molecule has 21 heavy (non-hydrogen) atoms. The van der Waals surface area contributed by atoms with E-state index in [9.17, 15) is 9.59 Å². The number of carboxylic acids is 1. The maximum absolute atomic E-state index is 12.3. The van der Waals surface area contributed by atoms with Crippen LogP contribution in [0.2, 0.25) is 0 Å². The molecule has 1 aliphatic rings. The summed E-state index contributed by atoms with van der Waals surface area (Å²) in [6.07, 6.45) is 4.88. The standard InChI is InChI=1S/C15H22N2O3S/c1-2-11-7-8-21-13(11)9-16-15(20)17(10-14(18)19)12-5-3-4-6-12/h7-8,12H,2-6,9-10H2,1H3,(H,16,20)(H,18,19). The summed E-state index contributed by atoms with van der Waals surface area (Å²) in [5.74, 6) is -0.956. The molecule has 2 rings (SSSR count). The Kier molecular flexibility index (Phi) is 5.61. The van der Waals surface area contributed by atoms with Crippen LogP contribution in [0.3, 0.4) is 0 Å². The number of carbonyl (C=O) groups excluding carboxylic acids is 1. The van der Waals surface area contributed by atoms with Crippen LogP contribution in [0.4, 0.5) is 4.79 Å². The molecule has 1 aliphatic carbocycles. The van der Waals surface area contributed by atoms with E-state index in [4.69, 9.17) is 5.11 Å². The fourth-order valence-corrected chi connectivity index (χ4v) is 3.74. The largest absolute Gasteiger partial charge is 0.480 e. The van der Waals surface area contributed by atoms with Crippen molar-refractivity contribution in [3.8, 4) is 0 Å². The maximum Gasteiger partial charge on any atom is 0.323 e. The van der Waals surface area contributed by atoms with Crippen LogP contribution in [0.5, 0.6) is 0 Å². The van der Waals surface area contributed by atoms with Crippen molar-refractivity contribution in [2.75, 3.05) is 6.54 Å². The van der Waals surface area contributed by atoms with Gasteiger partial charge in [0.15, 0.2) is 0 Å². The van der Waals surface area contributed by atoms with Crippen molar-refractivity contribution in [3.05, 3.63) is 21.9 Å². The number of hydrogen-bond acceptors (Lipinski definition) is 3. The molecular formula is C15H22N2O3S. The first kappa shape index (κ1) is 15.8. The van der Waals surface area contributed by atoms with Gasteiger partial charge in [0.2, 0.25) is 0 Å². The van der Waals surface area contributed by atoms with Gasteiger partial charge in [-0.3, -0.25) is 4.79 Å². The Labute approximate surface area is 129 Å². The van der Waals surface area contributed by atoms with Crippen molar-refractivity contribution in [2.24, 2.45) is 0 Å². The first-order chi connectivity index (χ1) is 10.1. The van der Waals surface area contributed by atoms with Crippen LogP contribution in [0, 0.1) is 0 Å². The van der Waals surface area contributed by atoms with Gasteiger partial charge >= 0.3 is 12.0 Å². The SMILES string of the molecule is CCc1ccsc1CNC(=O)N(CC(=O)O)C1CCCC1. The number of nitrogens with one attached hydrogen (secondary N) is 1. The van der Waals surface area contributed by atoms with Gasteiger partial charge in [0.1, 0.15) is 6.54 Å². The Morgan fingerprint density at radius 3 is 2.76 bits per heavy atom. The lowest BCUT2D eigenvalue weighted by molar-refractivity contribution is -0.138. The Morgan fingerprint density at radius 1 is 1.43 bits per heavy atom. The smallest absolute Gasteiger partial charge is 0.323 e. The molecule has 0 bridgehead atoms. The van der Waals surface area contributed by atoms with Crippen molar-refractivity contribution in [1.82, 2.24) is 10.2 Å². The molecule has 0 saturated heterocycles. The Hall–Kier alpha value is -1.56. The second-order valence-corrected chi connectivity index (χ2v) is 6.34. The van der Waals surface area contributed by atoms with Crippen molar-refractivity contribution in [3.63, 3.8) is 0 Å². The lowest BCUT2D eigenvalue weighted by atomic mass is 10.2. The molecule has 1 saturated carbocycles. The number of hydrogen-bond donors (Lipinski definition) is 2. The van der Waals surface area contributed by atoms with Crippen LogP contribution in [-0.4, -0.2) is 34.6 Å². The van der Waals surface area contributed by atoms with Crippen molar-refractivity contribution in [1.29, 1.82) is 0 Å². The minimum atomic E-state index is -0.956. The van der Waals surface area contributed by atoms with Crippen LogP contribution in [-0.2, 0) is 17.8 Å². The zero-order chi connectivity index (χ0) is 15.2. The number of carboxylic acid groups (broad SMARTS) is 1. The van der Waals surface area contributed by atoms with Crippen LogP contribution in [0.1, 0.15) is 43.0 Å². The van der Waals surface area contributed by atoms with Gasteiger partial charge in [-0.15, -0.1) is 11.3 Å². The molecule has 2 N–H and O–H groups in total. The van der Waals surface area contributed by atoms with Crippen molar-refractivity contribution >= 4 is 23.3 Å². The third kappa shape index (κ3) is 4.20. The fraction of sp³-hybridized carbons (Fsp3) is 0.600. The topological polar surface area (TPSA) is 69.6 Å². The molecule has 1 aromatic rings. The molecule has 116 valence electrons. The molecule has 0 atom stereocenters. The Morgan fingerprint density at radius 2 is 2.14 bits per heavy atom. The van der Waals surface area contributed by atoms with Gasteiger partial charge in [-0.1, -0.05) is 19.8 Å². The number of carbonyl (C=O) groups is 2. The number of aliphatic carboxylic acids is 1. The highest BCUT2D eigenvalue weighted by Gasteiger charge is 2.28. The van der Waals surface area contributed by atoms with Crippen LogP contribution in [0.25, 0.3) is 0 Å². The average Bonchev–Trinajstić information content (AvgIpc) is 3.12. The molecule has 1 aromatic heterocycles. The molecule has 0 aliphatic heterocycles. The highest BCUT2D eigenvalue weighted by atomic mass is 32.1.